The van der Waals surface area contributed by atoms with E-state index < -0.39 is 0 Å². The standard InChI is InChI=1S/C12H14N4S/c1-16-12(8-4-5-9(13)7-8)14-11(15-16)10-3-2-6-17-10/h2-6,8-9H,7,13H2,1H3. The highest BCUT2D eigenvalue weighted by atomic mass is 32.1. The molecule has 2 aromatic rings. The number of aryl methyl sites for hydroxylation is 1. The molecule has 0 aliphatic heterocycles. The van der Waals surface area contributed by atoms with Gasteiger partial charge in [0.25, 0.3) is 0 Å². The minimum Gasteiger partial charge on any atom is -0.324 e. The van der Waals surface area contributed by atoms with Crippen LogP contribution in [0.4, 0.5) is 0 Å². The van der Waals surface area contributed by atoms with Gasteiger partial charge >= 0.3 is 0 Å². The molecule has 2 aromatic heterocycles. The van der Waals surface area contributed by atoms with Crippen molar-refractivity contribution in [2.75, 3.05) is 0 Å². The molecule has 5 heteroatoms. The van der Waals surface area contributed by atoms with E-state index in [1.165, 1.54) is 0 Å². The van der Waals surface area contributed by atoms with Crippen LogP contribution in [0, 0.1) is 0 Å². The van der Waals surface area contributed by atoms with Gasteiger partial charge in [-0.1, -0.05) is 18.2 Å². The highest BCUT2D eigenvalue weighted by Gasteiger charge is 2.23. The Morgan fingerprint density at radius 1 is 1.47 bits per heavy atom. The number of hydrogen-bond donors (Lipinski definition) is 1. The van der Waals surface area contributed by atoms with E-state index >= 15 is 0 Å². The molecule has 0 fully saturated rings. The minimum atomic E-state index is 0.155. The van der Waals surface area contributed by atoms with Crippen molar-refractivity contribution in [2.45, 2.75) is 18.4 Å². The molecule has 0 aromatic carbocycles. The minimum absolute atomic E-state index is 0.155. The molecule has 4 nitrogen and oxygen atoms in total. The van der Waals surface area contributed by atoms with Gasteiger partial charge < -0.3 is 5.73 Å². The molecule has 2 N–H and O–H groups in total. The molecule has 0 saturated heterocycles. The van der Waals surface area contributed by atoms with Gasteiger partial charge in [0.05, 0.1) is 4.88 Å². The molecule has 1 aliphatic carbocycles. The van der Waals surface area contributed by atoms with E-state index in [-0.39, 0.29) is 6.04 Å². The van der Waals surface area contributed by atoms with E-state index in [0.717, 1.165) is 22.9 Å². The van der Waals surface area contributed by atoms with Crippen LogP contribution in [0.3, 0.4) is 0 Å². The summed E-state index contributed by atoms with van der Waals surface area (Å²) >= 11 is 1.66. The number of nitrogens with two attached hydrogens (primary N) is 1. The SMILES string of the molecule is Cn1nc(-c2cccs2)nc1C1C=CC(N)C1. The lowest BCUT2D eigenvalue weighted by Crippen LogP contribution is -2.15. The fourth-order valence-electron chi connectivity index (χ4n) is 2.15. The van der Waals surface area contributed by atoms with E-state index in [1.807, 2.05) is 35.3 Å². The zero-order valence-corrected chi connectivity index (χ0v) is 10.4. The molecular formula is C12H14N4S. The number of rotatable bonds is 2. The maximum atomic E-state index is 5.87. The fraction of sp³-hybridized carbons (Fsp3) is 0.333. The van der Waals surface area contributed by atoms with Crippen LogP contribution < -0.4 is 5.73 Å². The second-order valence-corrected chi connectivity index (χ2v) is 5.23. The predicted octanol–water partition coefficient (Wildman–Crippen LogP) is 1.91. The Bertz CT molecular complexity index is 541. The van der Waals surface area contributed by atoms with Gasteiger partial charge in [-0.2, -0.15) is 5.10 Å². The monoisotopic (exact) mass is 246 g/mol. The largest absolute Gasteiger partial charge is 0.324 e. The van der Waals surface area contributed by atoms with Gasteiger partial charge in [0.1, 0.15) is 5.82 Å². The quantitative estimate of drug-likeness (QED) is 0.824. The summed E-state index contributed by atoms with van der Waals surface area (Å²) in [6, 6.07) is 4.21. The Morgan fingerprint density at radius 2 is 2.35 bits per heavy atom. The first-order chi connectivity index (χ1) is 8.24. The van der Waals surface area contributed by atoms with Gasteiger partial charge in [-0.15, -0.1) is 11.3 Å². The predicted molar refractivity (Wildman–Crippen MR) is 68.8 cm³/mol. The van der Waals surface area contributed by atoms with E-state index in [1.54, 1.807) is 11.3 Å². The molecule has 2 unspecified atom stereocenters. The molecule has 1 aliphatic rings. The van der Waals surface area contributed by atoms with Crippen LogP contribution in [-0.4, -0.2) is 20.8 Å². The van der Waals surface area contributed by atoms with Gasteiger partial charge in [-0.3, -0.25) is 4.68 Å². The Labute approximate surface area is 104 Å². The van der Waals surface area contributed by atoms with Crippen molar-refractivity contribution in [2.24, 2.45) is 12.8 Å². The van der Waals surface area contributed by atoms with Crippen LogP contribution in [0.15, 0.2) is 29.7 Å². The van der Waals surface area contributed by atoms with Crippen LogP contribution >= 0.6 is 11.3 Å². The van der Waals surface area contributed by atoms with Gasteiger partial charge in [0.2, 0.25) is 0 Å². The van der Waals surface area contributed by atoms with Crippen molar-refractivity contribution in [1.29, 1.82) is 0 Å². The maximum Gasteiger partial charge on any atom is 0.191 e. The van der Waals surface area contributed by atoms with Crippen molar-refractivity contribution in [3.05, 3.63) is 35.5 Å². The molecule has 17 heavy (non-hydrogen) atoms. The molecule has 88 valence electrons. The molecule has 0 spiro atoms. The Balaban J connectivity index is 1.94. The molecule has 3 rings (SSSR count). The van der Waals surface area contributed by atoms with Crippen LogP contribution in [0.2, 0.25) is 0 Å². The highest BCUT2D eigenvalue weighted by Crippen LogP contribution is 2.29. The Hall–Kier alpha value is -1.46. The zero-order valence-electron chi connectivity index (χ0n) is 9.58. The topological polar surface area (TPSA) is 56.7 Å². The first-order valence-electron chi connectivity index (χ1n) is 5.63. The average Bonchev–Trinajstić information content (AvgIpc) is 2.97. The van der Waals surface area contributed by atoms with Crippen molar-refractivity contribution in [3.63, 3.8) is 0 Å². The Kier molecular flexibility index (Phi) is 2.57. The highest BCUT2D eigenvalue weighted by molar-refractivity contribution is 7.13. The number of hydrogen-bond acceptors (Lipinski definition) is 4. The summed E-state index contributed by atoms with van der Waals surface area (Å²) in [7, 11) is 1.94. The van der Waals surface area contributed by atoms with Crippen LogP contribution in [0.1, 0.15) is 18.2 Å². The maximum absolute atomic E-state index is 5.87. The second kappa shape index (κ2) is 4.09. The summed E-state index contributed by atoms with van der Waals surface area (Å²) in [5.74, 6) is 2.11. The number of thiophene rings is 1. The molecule has 2 atom stereocenters. The van der Waals surface area contributed by atoms with Crippen molar-refractivity contribution in [3.8, 4) is 10.7 Å². The first kappa shape index (κ1) is 10.7. The first-order valence-corrected chi connectivity index (χ1v) is 6.50. The van der Waals surface area contributed by atoms with Gasteiger partial charge in [-0.05, 0) is 17.9 Å². The van der Waals surface area contributed by atoms with Crippen molar-refractivity contribution in [1.82, 2.24) is 14.8 Å². The summed E-state index contributed by atoms with van der Waals surface area (Å²) in [6.45, 7) is 0. The third kappa shape index (κ3) is 1.92. The molecule has 0 radical (unpaired) electrons. The van der Waals surface area contributed by atoms with Crippen LogP contribution in [0.5, 0.6) is 0 Å². The number of allylic oxidation sites excluding steroid dienone is 1. The summed E-state index contributed by atoms with van der Waals surface area (Å²) < 4.78 is 1.86. The Morgan fingerprint density at radius 3 is 3.00 bits per heavy atom. The average molecular weight is 246 g/mol. The van der Waals surface area contributed by atoms with Crippen molar-refractivity contribution >= 4 is 11.3 Å². The van der Waals surface area contributed by atoms with Gasteiger partial charge in [0.15, 0.2) is 5.82 Å². The van der Waals surface area contributed by atoms with Gasteiger partial charge in [-0.25, -0.2) is 4.98 Å². The smallest absolute Gasteiger partial charge is 0.191 e. The lowest BCUT2D eigenvalue weighted by Gasteiger charge is -2.07. The third-order valence-corrected chi connectivity index (χ3v) is 3.85. The zero-order chi connectivity index (χ0) is 11.8. The molecule has 0 saturated carbocycles. The normalized spacial score (nSPS) is 23.4. The summed E-state index contributed by atoms with van der Waals surface area (Å²) in [5, 5.41) is 6.50. The van der Waals surface area contributed by atoms with Gasteiger partial charge in [0, 0.05) is 19.0 Å². The molecule has 2 heterocycles. The summed E-state index contributed by atoms with van der Waals surface area (Å²) in [4.78, 5) is 5.73. The van der Waals surface area contributed by atoms with Crippen LogP contribution in [-0.2, 0) is 7.05 Å². The lowest BCUT2D eigenvalue weighted by atomic mass is 10.1. The lowest BCUT2D eigenvalue weighted by molar-refractivity contribution is 0.621. The molecule has 0 bridgehead atoms. The van der Waals surface area contributed by atoms with E-state index in [0.29, 0.717) is 5.92 Å². The van der Waals surface area contributed by atoms with Crippen LogP contribution in [0.25, 0.3) is 10.7 Å². The molecular weight excluding hydrogens is 232 g/mol. The number of nitrogens with zero attached hydrogens (tertiary/aromatic N) is 3. The van der Waals surface area contributed by atoms with Crippen molar-refractivity contribution < 1.29 is 0 Å². The summed E-state index contributed by atoms with van der Waals surface area (Å²) in [5.41, 5.74) is 5.87. The molecule has 0 amide bonds. The summed E-state index contributed by atoms with van der Waals surface area (Å²) in [6.07, 6.45) is 5.10. The third-order valence-electron chi connectivity index (χ3n) is 2.99. The fourth-order valence-corrected chi connectivity index (χ4v) is 2.80. The van der Waals surface area contributed by atoms with E-state index in [2.05, 4.69) is 16.2 Å². The van der Waals surface area contributed by atoms with E-state index in [9.17, 15) is 0 Å². The van der Waals surface area contributed by atoms with E-state index in [4.69, 9.17) is 5.73 Å². The second-order valence-electron chi connectivity index (χ2n) is 4.29. The number of aromatic nitrogens is 3.